The highest BCUT2D eigenvalue weighted by Crippen LogP contribution is 2.33. The highest BCUT2D eigenvalue weighted by atomic mass is 19.4. The summed E-state index contributed by atoms with van der Waals surface area (Å²) in [5.41, 5.74) is 2.85. The van der Waals surface area contributed by atoms with Gasteiger partial charge in [0.2, 0.25) is 0 Å². The number of hydrogen-bond donors (Lipinski definition) is 2. The van der Waals surface area contributed by atoms with E-state index in [-0.39, 0.29) is 5.56 Å². The molecule has 5 aromatic rings. The zero-order valence-electron chi connectivity index (χ0n) is 17.7. The summed E-state index contributed by atoms with van der Waals surface area (Å²) in [4.78, 5) is 24.1. The third kappa shape index (κ3) is 3.85. The molecule has 0 radical (unpaired) electrons. The monoisotopic (exact) mass is 464 g/mol. The molecule has 0 spiro atoms. The van der Waals surface area contributed by atoms with Crippen LogP contribution in [0.1, 0.15) is 21.5 Å². The fourth-order valence-electron chi connectivity index (χ4n) is 3.90. The molecule has 34 heavy (non-hydrogen) atoms. The molecule has 0 saturated heterocycles. The summed E-state index contributed by atoms with van der Waals surface area (Å²) in [5.74, 6) is -2.20. The minimum Gasteiger partial charge on any atom is -0.339 e. The van der Waals surface area contributed by atoms with Gasteiger partial charge in [-0.1, -0.05) is 18.2 Å². The molecule has 0 saturated carbocycles. The molecular weight excluding hydrogens is 448 g/mol. The van der Waals surface area contributed by atoms with Gasteiger partial charge in [0, 0.05) is 33.7 Å². The number of amides is 1. The number of nitrogens with one attached hydrogen (secondary N) is 2. The number of anilines is 1. The van der Waals surface area contributed by atoms with Gasteiger partial charge in [-0.2, -0.15) is 13.2 Å². The number of carbonyl (C=O) groups excluding carboxylic acids is 1. The lowest BCUT2D eigenvalue weighted by Crippen LogP contribution is -2.15. The molecule has 2 N–H and O–H groups in total. The van der Waals surface area contributed by atoms with E-state index in [1.165, 1.54) is 6.33 Å². The maximum Gasteiger partial charge on any atom is 0.419 e. The van der Waals surface area contributed by atoms with Gasteiger partial charge in [0.25, 0.3) is 5.91 Å². The molecule has 5 rings (SSSR count). The summed E-state index contributed by atoms with van der Waals surface area (Å²) in [6.45, 7) is 1.91. The zero-order valence-corrected chi connectivity index (χ0v) is 17.7. The molecule has 5 nitrogen and oxygen atoms in total. The van der Waals surface area contributed by atoms with Crippen LogP contribution in [0, 0.1) is 12.7 Å². The van der Waals surface area contributed by atoms with Gasteiger partial charge in [-0.05, 0) is 60.0 Å². The van der Waals surface area contributed by atoms with Crippen molar-refractivity contribution in [3.8, 4) is 11.1 Å². The number of aromatic amines is 1. The summed E-state index contributed by atoms with van der Waals surface area (Å²) in [5, 5.41) is 4.47. The Morgan fingerprint density at radius 1 is 1.00 bits per heavy atom. The molecule has 0 atom stereocenters. The molecule has 0 bridgehead atoms. The largest absolute Gasteiger partial charge is 0.419 e. The van der Waals surface area contributed by atoms with Gasteiger partial charge < -0.3 is 10.3 Å². The minimum absolute atomic E-state index is 0.295. The second-order valence-corrected chi connectivity index (χ2v) is 7.85. The van der Waals surface area contributed by atoms with E-state index in [1.807, 2.05) is 25.1 Å². The average molecular weight is 464 g/mol. The first-order valence-corrected chi connectivity index (χ1v) is 10.2. The molecule has 0 unspecified atom stereocenters. The predicted molar refractivity (Wildman–Crippen MR) is 121 cm³/mol. The van der Waals surface area contributed by atoms with Gasteiger partial charge in [-0.15, -0.1) is 0 Å². The summed E-state index contributed by atoms with van der Waals surface area (Å²) in [7, 11) is 0. The van der Waals surface area contributed by atoms with E-state index in [0.29, 0.717) is 17.8 Å². The summed E-state index contributed by atoms with van der Waals surface area (Å²) in [6.07, 6.45) is -1.69. The Hall–Kier alpha value is -4.27. The molecule has 0 aliphatic rings. The lowest BCUT2D eigenvalue weighted by atomic mass is 9.98. The Bertz CT molecular complexity index is 1570. The Morgan fingerprint density at radius 2 is 1.82 bits per heavy atom. The normalized spacial score (nSPS) is 11.8. The molecule has 3 aromatic carbocycles. The number of carbonyl (C=O) groups is 1. The van der Waals surface area contributed by atoms with Crippen LogP contribution >= 0.6 is 0 Å². The zero-order chi connectivity index (χ0) is 24.0. The third-order valence-corrected chi connectivity index (χ3v) is 5.62. The van der Waals surface area contributed by atoms with Crippen LogP contribution in [0.25, 0.3) is 33.1 Å². The van der Waals surface area contributed by atoms with E-state index in [1.54, 1.807) is 24.4 Å². The number of fused-ring (bicyclic) bond motifs is 3. The highest BCUT2D eigenvalue weighted by Gasteiger charge is 2.34. The topological polar surface area (TPSA) is 70.7 Å². The summed E-state index contributed by atoms with van der Waals surface area (Å²) < 4.78 is 52.6. The first-order chi connectivity index (χ1) is 16.2. The van der Waals surface area contributed by atoms with Crippen LogP contribution in [0.4, 0.5) is 23.2 Å². The standard InChI is InChI=1S/C25H16F4N4O/c1-13-2-5-16(32-24(34)15-4-7-21(26)20(8-15)25(27,28)29)10-18(13)14-3-6-17-19-11-30-12-31-23(19)33-22(17)9-14/h2-12H,1H3,(H,32,34)(H,30,31,33). The summed E-state index contributed by atoms with van der Waals surface area (Å²) in [6, 6.07) is 13.2. The minimum atomic E-state index is -4.90. The second-order valence-electron chi connectivity index (χ2n) is 7.85. The van der Waals surface area contributed by atoms with Crippen molar-refractivity contribution in [1.82, 2.24) is 15.0 Å². The number of benzene rings is 3. The SMILES string of the molecule is Cc1ccc(NC(=O)c2ccc(F)c(C(F)(F)F)c2)cc1-c1ccc2c(c1)[nH]c1ncncc12. The number of aromatic nitrogens is 3. The van der Waals surface area contributed by atoms with Gasteiger partial charge in [-0.3, -0.25) is 4.79 Å². The smallest absolute Gasteiger partial charge is 0.339 e. The maximum atomic E-state index is 13.6. The maximum absolute atomic E-state index is 13.6. The predicted octanol–water partition coefficient (Wildman–Crippen LogP) is 6.50. The number of aryl methyl sites for hydroxylation is 1. The molecule has 0 aliphatic carbocycles. The van der Waals surface area contributed by atoms with E-state index in [9.17, 15) is 22.4 Å². The van der Waals surface area contributed by atoms with Crippen LogP contribution in [-0.2, 0) is 6.18 Å². The fourth-order valence-corrected chi connectivity index (χ4v) is 3.90. The summed E-state index contributed by atoms with van der Waals surface area (Å²) >= 11 is 0. The molecule has 2 heterocycles. The molecule has 0 fully saturated rings. The van der Waals surface area contributed by atoms with Gasteiger partial charge >= 0.3 is 6.18 Å². The van der Waals surface area contributed by atoms with Gasteiger partial charge in [-0.25, -0.2) is 14.4 Å². The highest BCUT2D eigenvalue weighted by molar-refractivity contribution is 6.07. The van der Waals surface area contributed by atoms with Gasteiger partial charge in [0.1, 0.15) is 17.8 Å². The molecular formula is C25H16F4N4O. The third-order valence-electron chi connectivity index (χ3n) is 5.62. The van der Waals surface area contributed by atoms with Crippen molar-refractivity contribution >= 4 is 33.5 Å². The Morgan fingerprint density at radius 3 is 2.62 bits per heavy atom. The Labute approximate surface area is 190 Å². The van der Waals surface area contributed by atoms with Gasteiger partial charge in [0.05, 0.1) is 5.56 Å². The van der Waals surface area contributed by atoms with Crippen LogP contribution in [-0.4, -0.2) is 20.9 Å². The molecule has 1 amide bonds. The fraction of sp³-hybridized carbons (Fsp3) is 0.0800. The lowest BCUT2D eigenvalue weighted by molar-refractivity contribution is -0.140. The van der Waals surface area contributed by atoms with Crippen molar-refractivity contribution in [2.24, 2.45) is 0 Å². The quantitative estimate of drug-likeness (QED) is 0.300. The van der Waals surface area contributed by atoms with Crippen LogP contribution in [0.15, 0.2) is 67.1 Å². The number of rotatable bonds is 3. The molecule has 0 aliphatic heterocycles. The van der Waals surface area contributed by atoms with E-state index < -0.39 is 23.5 Å². The number of H-pyrrole nitrogens is 1. The van der Waals surface area contributed by atoms with E-state index in [0.717, 1.165) is 44.7 Å². The number of hydrogen-bond acceptors (Lipinski definition) is 3. The molecule has 170 valence electrons. The first-order valence-electron chi connectivity index (χ1n) is 10.2. The van der Waals surface area contributed by atoms with Crippen LogP contribution < -0.4 is 5.32 Å². The van der Waals surface area contributed by atoms with Gasteiger partial charge in [0.15, 0.2) is 0 Å². The Kier molecular flexibility index (Phi) is 5.04. The van der Waals surface area contributed by atoms with Crippen molar-refractivity contribution < 1.29 is 22.4 Å². The molecule has 2 aromatic heterocycles. The number of halogens is 4. The first kappa shape index (κ1) is 21.6. The van der Waals surface area contributed by atoms with Crippen LogP contribution in [0.3, 0.4) is 0 Å². The van der Waals surface area contributed by atoms with E-state index in [4.69, 9.17) is 0 Å². The van der Waals surface area contributed by atoms with Crippen molar-refractivity contribution in [2.45, 2.75) is 13.1 Å². The average Bonchev–Trinajstić information content (AvgIpc) is 3.17. The van der Waals surface area contributed by atoms with Crippen molar-refractivity contribution in [2.75, 3.05) is 5.32 Å². The van der Waals surface area contributed by atoms with Crippen LogP contribution in [0.2, 0.25) is 0 Å². The van der Waals surface area contributed by atoms with Crippen LogP contribution in [0.5, 0.6) is 0 Å². The molecule has 9 heteroatoms. The number of nitrogens with zero attached hydrogens (tertiary/aromatic N) is 2. The van der Waals surface area contributed by atoms with E-state index >= 15 is 0 Å². The van der Waals surface area contributed by atoms with Crippen molar-refractivity contribution in [3.05, 3.63) is 89.6 Å². The van der Waals surface area contributed by atoms with E-state index in [2.05, 4.69) is 20.3 Å². The second kappa shape index (κ2) is 7.95. The number of alkyl halides is 3. The lowest BCUT2D eigenvalue weighted by Gasteiger charge is -2.12. The van der Waals surface area contributed by atoms with Crippen molar-refractivity contribution in [3.63, 3.8) is 0 Å². The Balaban J connectivity index is 1.48. The van der Waals surface area contributed by atoms with Crippen molar-refractivity contribution in [1.29, 1.82) is 0 Å².